The van der Waals surface area contributed by atoms with Crippen molar-refractivity contribution >= 4 is 40.6 Å². The molecular weight excluding hydrogens is 392 g/mol. The van der Waals surface area contributed by atoms with E-state index < -0.39 is 0 Å². The van der Waals surface area contributed by atoms with Crippen LogP contribution < -0.4 is 15.9 Å². The summed E-state index contributed by atoms with van der Waals surface area (Å²) in [6.07, 6.45) is 6.25. The number of pyridine rings is 1. The number of halogens is 1. The molecule has 2 aliphatic heterocycles. The Bertz CT molecular complexity index is 929. The van der Waals surface area contributed by atoms with Gasteiger partial charge in [-0.3, -0.25) is 9.88 Å². The Morgan fingerprint density at radius 2 is 2.21 bits per heavy atom. The van der Waals surface area contributed by atoms with E-state index in [0.717, 1.165) is 49.7 Å². The third kappa shape index (κ3) is 4.20. The van der Waals surface area contributed by atoms with Crippen LogP contribution in [0, 0.1) is 6.92 Å². The van der Waals surface area contributed by atoms with Crippen molar-refractivity contribution in [3.63, 3.8) is 0 Å². The Kier molecular flexibility index (Phi) is 6.99. The summed E-state index contributed by atoms with van der Waals surface area (Å²) in [5.74, 6) is 0. The minimum absolute atomic E-state index is 0. The molecule has 1 saturated heterocycles. The molecule has 4 rings (SSSR count). The molecule has 4 heterocycles. The van der Waals surface area contributed by atoms with Crippen molar-refractivity contribution in [3.8, 4) is 0 Å². The number of nitrogens with zero attached hydrogens (tertiary/aromatic N) is 3. The molecular formula is C21H29ClN4OS. The van der Waals surface area contributed by atoms with Gasteiger partial charge in [0, 0.05) is 67.4 Å². The number of hydrogen-bond donors (Lipinski definition) is 1. The van der Waals surface area contributed by atoms with Crippen LogP contribution in [0.4, 0.5) is 5.00 Å². The smallest absolute Gasteiger partial charge is 0.102 e. The third-order valence-electron chi connectivity index (χ3n) is 5.51. The highest BCUT2D eigenvalue weighted by molar-refractivity contribution is 7.16. The summed E-state index contributed by atoms with van der Waals surface area (Å²) in [6.45, 7) is 6.13. The topological polar surface area (TPSA) is 40.6 Å². The van der Waals surface area contributed by atoms with E-state index in [1.165, 1.54) is 21.1 Å². The van der Waals surface area contributed by atoms with E-state index in [4.69, 9.17) is 9.72 Å². The summed E-state index contributed by atoms with van der Waals surface area (Å²) in [7, 11) is 4.03. The fraction of sp³-hybridized carbons (Fsp3) is 0.476. The summed E-state index contributed by atoms with van der Waals surface area (Å²) < 4.78 is 5.27. The lowest BCUT2D eigenvalue weighted by molar-refractivity contribution is 0.114. The first-order valence-corrected chi connectivity index (χ1v) is 10.5. The summed E-state index contributed by atoms with van der Waals surface area (Å²) >= 11 is 1.82. The number of likely N-dealkylation sites (N-methyl/N-ethyl adjacent to an activating group) is 1. The summed E-state index contributed by atoms with van der Waals surface area (Å²) in [6, 6.07) is 7.00. The summed E-state index contributed by atoms with van der Waals surface area (Å²) in [4.78, 5) is 11.2. The molecule has 7 heteroatoms. The number of rotatable bonds is 5. The van der Waals surface area contributed by atoms with Gasteiger partial charge < -0.3 is 15.0 Å². The van der Waals surface area contributed by atoms with E-state index in [1.807, 2.05) is 23.6 Å². The number of ether oxygens (including phenoxy) is 1. The molecule has 1 fully saturated rings. The fourth-order valence-electron chi connectivity index (χ4n) is 4.04. The molecule has 152 valence electrons. The summed E-state index contributed by atoms with van der Waals surface area (Å²) in [5.41, 5.74) is 2.56. The van der Waals surface area contributed by atoms with Crippen molar-refractivity contribution in [2.75, 3.05) is 45.7 Å². The molecule has 0 aromatic carbocycles. The van der Waals surface area contributed by atoms with Crippen molar-refractivity contribution in [2.24, 2.45) is 0 Å². The highest BCUT2D eigenvalue weighted by Gasteiger charge is 2.28. The number of fused-ring (bicyclic) bond motifs is 2. The minimum Gasteiger partial charge on any atom is -0.385 e. The van der Waals surface area contributed by atoms with Gasteiger partial charge in [-0.15, -0.1) is 23.7 Å². The Balaban J connectivity index is 0.00000225. The van der Waals surface area contributed by atoms with E-state index in [2.05, 4.69) is 47.4 Å². The molecule has 0 aliphatic carbocycles. The van der Waals surface area contributed by atoms with Gasteiger partial charge in [0.25, 0.3) is 0 Å². The van der Waals surface area contributed by atoms with Crippen LogP contribution in [0.3, 0.4) is 0 Å². The zero-order valence-corrected chi connectivity index (χ0v) is 18.4. The standard InChI is InChI=1S/C21H28N4OS.ClH/c1-15-12-18-20(19-16(6-4-8-22-19)13-23-21(18)27-15)25-10-9-24(2)17(14-25)7-5-11-26-3;/h4,6,8,12-13,17,23H,5,7,9-11,14H2,1-3H3;1H. The maximum atomic E-state index is 5.27. The molecule has 1 atom stereocenters. The first-order valence-electron chi connectivity index (χ1n) is 9.64. The molecule has 5 nitrogen and oxygen atoms in total. The van der Waals surface area contributed by atoms with Gasteiger partial charge in [-0.1, -0.05) is 0 Å². The molecule has 0 radical (unpaired) electrons. The van der Waals surface area contributed by atoms with Crippen LogP contribution in [0.25, 0.3) is 11.9 Å². The zero-order valence-electron chi connectivity index (χ0n) is 16.8. The highest BCUT2D eigenvalue weighted by atomic mass is 35.5. The van der Waals surface area contributed by atoms with Crippen LogP contribution >= 0.6 is 23.7 Å². The van der Waals surface area contributed by atoms with Crippen molar-refractivity contribution in [1.82, 2.24) is 14.8 Å². The number of thiophene rings is 1. The first kappa shape index (κ1) is 21.1. The van der Waals surface area contributed by atoms with Crippen LogP contribution in [0.1, 0.15) is 23.3 Å². The van der Waals surface area contributed by atoms with Gasteiger partial charge in [0.15, 0.2) is 0 Å². The molecule has 0 amide bonds. The van der Waals surface area contributed by atoms with Crippen LogP contribution in [0.15, 0.2) is 24.4 Å². The third-order valence-corrected chi connectivity index (χ3v) is 6.49. The van der Waals surface area contributed by atoms with Crippen LogP contribution in [-0.4, -0.2) is 61.2 Å². The molecule has 2 aliphatic rings. The average Bonchev–Trinajstić information content (AvgIpc) is 2.96. The molecule has 2 aromatic heterocycles. The Hall–Kier alpha value is -1.60. The SMILES string of the molecule is COCCCC1CN(C2=c3ncccc3=CNc3sc(C)cc32)CCN1C.Cl. The van der Waals surface area contributed by atoms with Crippen molar-refractivity contribution in [3.05, 3.63) is 45.4 Å². The summed E-state index contributed by atoms with van der Waals surface area (Å²) in [5, 5.41) is 6.97. The normalized spacial score (nSPS) is 19.0. The fourth-order valence-corrected chi connectivity index (χ4v) is 4.93. The minimum atomic E-state index is 0. The van der Waals surface area contributed by atoms with Crippen molar-refractivity contribution in [1.29, 1.82) is 0 Å². The lowest BCUT2D eigenvalue weighted by atomic mass is 10.0. The van der Waals surface area contributed by atoms with Crippen molar-refractivity contribution < 1.29 is 4.74 Å². The van der Waals surface area contributed by atoms with E-state index in [0.29, 0.717) is 6.04 Å². The monoisotopic (exact) mass is 420 g/mol. The van der Waals surface area contributed by atoms with Gasteiger partial charge in [-0.05, 0) is 45.0 Å². The largest absolute Gasteiger partial charge is 0.385 e. The predicted molar refractivity (Wildman–Crippen MR) is 119 cm³/mol. The number of anilines is 1. The maximum absolute atomic E-state index is 5.27. The number of nitrogens with one attached hydrogen (secondary N) is 1. The van der Waals surface area contributed by atoms with E-state index in [9.17, 15) is 0 Å². The highest BCUT2D eigenvalue weighted by Crippen LogP contribution is 2.34. The van der Waals surface area contributed by atoms with Gasteiger partial charge in [-0.2, -0.15) is 0 Å². The number of hydrogen-bond acceptors (Lipinski definition) is 6. The number of aromatic nitrogens is 1. The van der Waals surface area contributed by atoms with E-state index in [1.54, 1.807) is 7.11 Å². The molecule has 1 unspecified atom stereocenters. The lowest BCUT2D eigenvalue weighted by Crippen LogP contribution is -2.52. The number of methoxy groups -OCH3 is 1. The molecule has 28 heavy (non-hydrogen) atoms. The number of piperazine rings is 1. The van der Waals surface area contributed by atoms with Crippen molar-refractivity contribution in [2.45, 2.75) is 25.8 Å². The predicted octanol–water partition coefficient (Wildman–Crippen LogP) is 2.24. The lowest BCUT2D eigenvalue weighted by Gasteiger charge is -2.41. The van der Waals surface area contributed by atoms with Crippen LogP contribution in [0.2, 0.25) is 0 Å². The van der Waals surface area contributed by atoms with Gasteiger partial charge >= 0.3 is 0 Å². The van der Waals surface area contributed by atoms with Gasteiger partial charge in [0.1, 0.15) is 5.00 Å². The molecule has 2 aromatic rings. The Labute approximate surface area is 177 Å². The Morgan fingerprint density at radius 1 is 1.36 bits per heavy atom. The average molecular weight is 421 g/mol. The molecule has 0 spiro atoms. The number of aryl methyl sites for hydroxylation is 1. The van der Waals surface area contributed by atoms with Gasteiger partial charge in [0.05, 0.1) is 11.0 Å². The molecule has 0 bridgehead atoms. The first-order chi connectivity index (χ1) is 13.2. The van der Waals surface area contributed by atoms with Crippen LogP contribution in [-0.2, 0) is 4.74 Å². The maximum Gasteiger partial charge on any atom is 0.102 e. The second-order valence-electron chi connectivity index (χ2n) is 7.39. The second-order valence-corrected chi connectivity index (χ2v) is 8.65. The zero-order chi connectivity index (χ0) is 18.8. The second kappa shape index (κ2) is 9.27. The molecule has 0 saturated carbocycles. The Morgan fingerprint density at radius 3 is 3.04 bits per heavy atom. The van der Waals surface area contributed by atoms with Crippen LogP contribution in [0.5, 0.6) is 0 Å². The van der Waals surface area contributed by atoms with Gasteiger partial charge in [-0.25, -0.2) is 0 Å². The van der Waals surface area contributed by atoms with E-state index >= 15 is 0 Å². The molecule has 1 N–H and O–H groups in total. The quantitative estimate of drug-likeness (QED) is 0.751. The van der Waals surface area contributed by atoms with E-state index in [-0.39, 0.29) is 12.4 Å². The van der Waals surface area contributed by atoms with Gasteiger partial charge in [0.2, 0.25) is 0 Å².